The number of aliphatic hydroxyl groups excluding tert-OH is 1. The topological polar surface area (TPSA) is 169 Å². The zero-order valence-electron chi connectivity index (χ0n) is 22.3. The molecule has 6 N–H and O–H groups in total. The number of nitrogens with zero attached hydrogens (tertiary/aromatic N) is 6. The standard InChI is InChI=1S/C26H34N10O2/c1-15-6-7-16(24(38)32-19(27)13-18(37)26(2,3)4)12-17(15)31-23-21-20(29-14-30-23)22(28)34-25(33-21)36-10-8-35(5)9-11-36/h6-7,12-14,37H,8-11H2,1-5H3,(H2,27,32,38)(H2,28,33,34)(H,29,30,31)/b18-13-. The molecular formula is C26H34N10O2. The molecule has 2 aromatic heterocycles. The number of aromatic nitrogens is 4. The Bertz CT molecular complexity index is 1410. The Kier molecular flexibility index (Phi) is 7.44. The number of nitrogens with two attached hydrogens (primary N) is 1. The number of piperazine rings is 1. The quantitative estimate of drug-likeness (QED) is 0.192. The van der Waals surface area contributed by atoms with Gasteiger partial charge >= 0.3 is 0 Å². The van der Waals surface area contributed by atoms with Crippen molar-refractivity contribution in [1.82, 2.24) is 30.2 Å². The molecule has 1 aliphatic heterocycles. The number of anilines is 4. The van der Waals surface area contributed by atoms with Gasteiger partial charge in [0.25, 0.3) is 5.91 Å². The first-order chi connectivity index (χ1) is 17.9. The van der Waals surface area contributed by atoms with Gasteiger partial charge in [-0.2, -0.15) is 4.98 Å². The van der Waals surface area contributed by atoms with Crippen molar-refractivity contribution in [3.05, 3.63) is 47.5 Å². The first-order valence-corrected chi connectivity index (χ1v) is 12.3. The molecule has 12 heteroatoms. The van der Waals surface area contributed by atoms with Gasteiger partial charge in [-0.1, -0.05) is 26.8 Å². The summed E-state index contributed by atoms with van der Waals surface area (Å²) in [4.78, 5) is 35.1. The fourth-order valence-electron chi connectivity index (χ4n) is 3.81. The van der Waals surface area contributed by atoms with Gasteiger partial charge in [-0.3, -0.25) is 10.2 Å². The van der Waals surface area contributed by atoms with Crippen molar-refractivity contribution in [3.63, 3.8) is 0 Å². The fraction of sp³-hybridized carbons (Fsp3) is 0.385. The monoisotopic (exact) mass is 518 g/mol. The summed E-state index contributed by atoms with van der Waals surface area (Å²) in [7, 11) is 2.08. The van der Waals surface area contributed by atoms with Crippen molar-refractivity contribution in [1.29, 1.82) is 5.41 Å². The highest BCUT2D eigenvalue weighted by Crippen LogP contribution is 2.28. The second kappa shape index (κ2) is 10.6. The van der Waals surface area contributed by atoms with E-state index in [-0.39, 0.29) is 17.4 Å². The lowest BCUT2D eigenvalue weighted by Crippen LogP contribution is -2.45. The Morgan fingerprint density at radius 1 is 1.13 bits per heavy atom. The number of allylic oxidation sites excluding steroid dienone is 1. The van der Waals surface area contributed by atoms with Gasteiger partial charge < -0.3 is 31.3 Å². The lowest BCUT2D eigenvalue weighted by Gasteiger charge is -2.32. The maximum atomic E-state index is 12.8. The van der Waals surface area contributed by atoms with E-state index >= 15 is 0 Å². The number of rotatable bonds is 5. The second-order valence-electron chi connectivity index (χ2n) is 10.4. The van der Waals surface area contributed by atoms with Crippen LogP contribution in [0.1, 0.15) is 36.7 Å². The number of hydrogen-bond donors (Lipinski definition) is 5. The van der Waals surface area contributed by atoms with Crippen molar-refractivity contribution < 1.29 is 9.90 Å². The van der Waals surface area contributed by atoms with Crippen molar-refractivity contribution >= 4 is 46.0 Å². The molecule has 0 radical (unpaired) electrons. The molecule has 4 rings (SSSR count). The van der Waals surface area contributed by atoms with Gasteiger partial charge in [0, 0.05) is 48.9 Å². The Hall–Kier alpha value is -4.32. The lowest BCUT2D eigenvalue weighted by molar-refractivity contribution is 0.0977. The third kappa shape index (κ3) is 5.97. The number of amides is 1. The van der Waals surface area contributed by atoms with Gasteiger partial charge in [0.05, 0.1) is 0 Å². The molecule has 3 heterocycles. The summed E-state index contributed by atoms with van der Waals surface area (Å²) in [5, 5.41) is 23.9. The number of carbonyl (C=O) groups is 1. The first-order valence-electron chi connectivity index (χ1n) is 12.3. The van der Waals surface area contributed by atoms with Crippen molar-refractivity contribution in [2.24, 2.45) is 5.41 Å². The average molecular weight is 519 g/mol. The van der Waals surface area contributed by atoms with E-state index in [4.69, 9.17) is 16.1 Å². The molecule has 1 amide bonds. The molecule has 1 fully saturated rings. The van der Waals surface area contributed by atoms with Crippen LogP contribution in [0.15, 0.2) is 36.4 Å². The van der Waals surface area contributed by atoms with Crippen LogP contribution in [0.25, 0.3) is 11.0 Å². The molecule has 0 atom stereocenters. The van der Waals surface area contributed by atoms with Gasteiger partial charge in [0.15, 0.2) is 11.6 Å². The van der Waals surface area contributed by atoms with E-state index in [0.717, 1.165) is 31.7 Å². The Morgan fingerprint density at radius 3 is 2.53 bits per heavy atom. The summed E-state index contributed by atoms with van der Waals surface area (Å²) >= 11 is 0. The van der Waals surface area contributed by atoms with Crippen LogP contribution in [-0.2, 0) is 0 Å². The van der Waals surface area contributed by atoms with E-state index in [9.17, 15) is 9.90 Å². The smallest absolute Gasteiger partial charge is 0.256 e. The second-order valence-corrected chi connectivity index (χ2v) is 10.4. The Balaban J connectivity index is 1.61. The number of amidine groups is 1. The predicted octanol–water partition coefficient (Wildman–Crippen LogP) is 3.00. The van der Waals surface area contributed by atoms with Gasteiger partial charge in [-0.15, -0.1) is 0 Å². The molecule has 200 valence electrons. The molecule has 0 bridgehead atoms. The van der Waals surface area contributed by atoms with E-state index in [1.54, 1.807) is 18.2 Å². The van der Waals surface area contributed by atoms with Crippen molar-refractivity contribution in [3.8, 4) is 0 Å². The zero-order valence-corrected chi connectivity index (χ0v) is 22.3. The maximum absolute atomic E-state index is 12.8. The number of nitrogens with one attached hydrogen (secondary N) is 3. The summed E-state index contributed by atoms with van der Waals surface area (Å²) in [5.41, 5.74) is 8.47. The summed E-state index contributed by atoms with van der Waals surface area (Å²) in [6, 6.07) is 5.14. The zero-order chi connectivity index (χ0) is 27.6. The van der Waals surface area contributed by atoms with Crippen LogP contribution >= 0.6 is 0 Å². The minimum absolute atomic E-state index is 0.00177. The summed E-state index contributed by atoms with van der Waals surface area (Å²) in [5.74, 6) is 0.545. The van der Waals surface area contributed by atoms with E-state index < -0.39 is 11.3 Å². The Morgan fingerprint density at radius 2 is 1.84 bits per heavy atom. The highest BCUT2D eigenvalue weighted by molar-refractivity contribution is 6.09. The van der Waals surface area contributed by atoms with Gasteiger partial charge in [0.1, 0.15) is 29.0 Å². The number of carbonyl (C=O) groups excluding carboxylic acids is 1. The summed E-state index contributed by atoms with van der Waals surface area (Å²) < 4.78 is 0. The molecule has 12 nitrogen and oxygen atoms in total. The number of fused-ring (bicyclic) bond motifs is 1. The molecule has 0 spiro atoms. The largest absolute Gasteiger partial charge is 0.512 e. The highest BCUT2D eigenvalue weighted by Gasteiger charge is 2.21. The van der Waals surface area contributed by atoms with Crippen LogP contribution in [0.2, 0.25) is 0 Å². The van der Waals surface area contributed by atoms with E-state index in [0.29, 0.717) is 34.1 Å². The summed E-state index contributed by atoms with van der Waals surface area (Å²) in [6.45, 7) is 10.7. The molecule has 0 aliphatic carbocycles. The normalized spacial score (nSPS) is 15.0. The third-order valence-corrected chi connectivity index (χ3v) is 6.33. The first kappa shape index (κ1) is 26.7. The van der Waals surface area contributed by atoms with E-state index in [1.165, 1.54) is 12.4 Å². The molecule has 1 aliphatic rings. The molecule has 0 unspecified atom stereocenters. The molecule has 1 saturated heterocycles. The number of likely N-dealkylation sites (N-methyl/N-ethyl adjacent to an activating group) is 1. The fourth-order valence-corrected chi connectivity index (χ4v) is 3.81. The number of benzene rings is 1. The van der Waals surface area contributed by atoms with Crippen molar-refractivity contribution in [2.45, 2.75) is 27.7 Å². The molecule has 38 heavy (non-hydrogen) atoms. The predicted molar refractivity (Wildman–Crippen MR) is 149 cm³/mol. The highest BCUT2D eigenvalue weighted by atomic mass is 16.3. The maximum Gasteiger partial charge on any atom is 0.256 e. The number of aliphatic hydroxyl groups is 1. The Labute approximate surface area is 221 Å². The number of aryl methyl sites for hydroxylation is 1. The lowest BCUT2D eigenvalue weighted by atomic mass is 9.93. The molecule has 3 aromatic rings. The van der Waals surface area contributed by atoms with E-state index in [1.807, 2.05) is 27.7 Å². The molecular weight excluding hydrogens is 484 g/mol. The SMILES string of the molecule is Cc1ccc(C(=O)NC(=N)/C=C(\O)C(C)(C)C)cc1Nc1ncnc2c(N)nc(N3CCN(C)CC3)nc12. The minimum Gasteiger partial charge on any atom is -0.512 e. The van der Waals surface area contributed by atoms with Crippen LogP contribution in [0.3, 0.4) is 0 Å². The number of hydrogen-bond acceptors (Lipinski definition) is 11. The van der Waals surface area contributed by atoms with Gasteiger partial charge in [-0.05, 0) is 31.7 Å². The summed E-state index contributed by atoms with van der Waals surface area (Å²) in [6.07, 6.45) is 2.63. The molecule has 0 saturated carbocycles. The van der Waals surface area contributed by atoms with Crippen LogP contribution < -0.4 is 21.3 Å². The minimum atomic E-state index is -0.532. The average Bonchev–Trinajstić information content (AvgIpc) is 2.85. The number of nitrogen functional groups attached to an aromatic ring is 1. The van der Waals surface area contributed by atoms with Crippen molar-refractivity contribution in [2.75, 3.05) is 49.2 Å². The van der Waals surface area contributed by atoms with Crippen LogP contribution in [0.5, 0.6) is 0 Å². The van der Waals surface area contributed by atoms with E-state index in [2.05, 4.69) is 42.4 Å². The molecule has 1 aromatic carbocycles. The van der Waals surface area contributed by atoms with Crippen LogP contribution in [0, 0.1) is 17.7 Å². The van der Waals surface area contributed by atoms with Crippen LogP contribution in [0.4, 0.5) is 23.3 Å². The third-order valence-electron chi connectivity index (χ3n) is 6.33. The van der Waals surface area contributed by atoms with Gasteiger partial charge in [0.2, 0.25) is 5.95 Å². The van der Waals surface area contributed by atoms with Gasteiger partial charge in [-0.25, -0.2) is 15.0 Å². The van der Waals surface area contributed by atoms with Crippen LogP contribution in [-0.4, -0.2) is 74.9 Å².